The van der Waals surface area contributed by atoms with Crippen molar-refractivity contribution in [1.82, 2.24) is 25.1 Å². The Morgan fingerprint density at radius 3 is 2.55 bits per heavy atom. The normalized spacial score (nSPS) is 15.4. The summed E-state index contributed by atoms with van der Waals surface area (Å²) in [5.74, 6) is 0.490. The van der Waals surface area contributed by atoms with Gasteiger partial charge in [0.2, 0.25) is 0 Å². The number of anilines is 1. The summed E-state index contributed by atoms with van der Waals surface area (Å²) in [6.07, 6.45) is 11.5. The third-order valence-electron chi connectivity index (χ3n) is 5.27. The molecule has 2 fully saturated rings. The Morgan fingerprint density at radius 2 is 1.90 bits per heavy atom. The average Bonchev–Trinajstić information content (AvgIpc) is 3.46. The molecule has 8 heteroatoms. The van der Waals surface area contributed by atoms with Crippen molar-refractivity contribution in [3.8, 4) is 11.9 Å². The highest BCUT2D eigenvalue weighted by molar-refractivity contribution is 6.00. The summed E-state index contributed by atoms with van der Waals surface area (Å²) in [7, 11) is 0. The maximum absolute atomic E-state index is 12.7. The second-order valence-electron chi connectivity index (χ2n) is 8.12. The van der Waals surface area contributed by atoms with Crippen LogP contribution in [0.5, 0.6) is 0 Å². The summed E-state index contributed by atoms with van der Waals surface area (Å²) in [5, 5.41) is 20.7. The van der Waals surface area contributed by atoms with Crippen LogP contribution in [0.2, 0.25) is 0 Å². The molecule has 0 radical (unpaired) electrons. The van der Waals surface area contributed by atoms with E-state index in [1.54, 1.807) is 23.1 Å². The molecule has 2 aliphatic carbocycles. The highest BCUT2D eigenvalue weighted by Crippen LogP contribution is 2.29. The lowest BCUT2D eigenvalue weighted by Gasteiger charge is -2.26. The summed E-state index contributed by atoms with van der Waals surface area (Å²) >= 11 is 0. The van der Waals surface area contributed by atoms with E-state index in [1.165, 1.54) is 19.0 Å². The number of amides is 1. The fraction of sp³-hybridized carbons (Fsp3) is 0.435. The Hall–Kier alpha value is -3.47. The summed E-state index contributed by atoms with van der Waals surface area (Å²) in [6.45, 7) is 4.25. The van der Waals surface area contributed by atoms with Gasteiger partial charge in [-0.2, -0.15) is 15.0 Å². The molecule has 3 aromatic rings. The predicted octanol–water partition coefficient (Wildman–Crippen LogP) is 3.96. The van der Waals surface area contributed by atoms with Gasteiger partial charge in [-0.25, -0.2) is 9.97 Å². The molecule has 0 atom stereocenters. The Morgan fingerprint density at radius 1 is 1.13 bits per heavy atom. The van der Waals surface area contributed by atoms with Crippen molar-refractivity contribution in [3.63, 3.8) is 0 Å². The third-order valence-corrected chi connectivity index (χ3v) is 5.27. The fourth-order valence-electron chi connectivity index (χ4n) is 3.27. The average molecular weight is 418 g/mol. The summed E-state index contributed by atoms with van der Waals surface area (Å²) < 4.78 is 1.63. The Labute approximate surface area is 181 Å². The number of rotatable bonds is 5. The number of pyridine rings is 2. The molecule has 2 N–H and O–H groups in total. The second kappa shape index (κ2) is 9.13. The molecular weight excluding hydrogens is 390 g/mol. The standard InChI is InChI=1S/C20H19N7O.C3H8/c21-8-12-6-13-10-24-27(19(13)23-9-12)18-7-17(25-15-4-5-15)16(11-22-18)20(28)26-14-2-1-3-14;1-3-2/h6-7,9-11,14-15H,1-5H2,(H,22,25)(H,26,28);3H2,1-2H3. The SMILES string of the molecule is CCC.N#Cc1cnc2c(cnn2-c2cc(NC3CC3)c(C(=O)NC3CCC3)cn2)c1. The van der Waals surface area contributed by atoms with Crippen LogP contribution in [-0.2, 0) is 0 Å². The van der Waals surface area contributed by atoms with E-state index in [-0.39, 0.29) is 11.9 Å². The number of aromatic nitrogens is 4. The monoisotopic (exact) mass is 417 g/mol. The van der Waals surface area contributed by atoms with Gasteiger partial charge in [0.25, 0.3) is 5.91 Å². The van der Waals surface area contributed by atoms with Crippen molar-refractivity contribution in [2.45, 2.75) is 64.5 Å². The van der Waals surface area contributed by atoms with E-state index in [1.807, 2.05) is 6.07 Å². The van der Waals surface area contributed by atoms with Gasteiger partial charge in [0, 0.05) is 35.9 Å². The number of nitrogens with one attached hydrogen (secondary N) is 2. The molecule has 160 valence electrons. The minimum absolute atomic E-state index is 0.0889. The Balaban J connectivity index is 0.000000730. The van der Waals surface area contributed by atoms with Gasteiger partial charge in [0.1, 0.15) is 6.07 Å². The van der Waals surface area contributed by atoms with Gasteiger partial charge in [-0.1, -0.05) is 20.3 Å². The van der Waals surface area contributed by atoms with Gasteiger partial charge in [0.05, 0.1) is 23.0 Å². The van der Waals surface area contributed by atoms with E-state index in [2.05, 4.69) is 45.6 Å². The maximum Gasteiger partial charge on any atom is 0.255 e. The highest BCUT2D eigenvalue weighted by Gasteiger charge is 2.26. The van der Waals surface area contributed by atoms with Crippen molar-refractivity contribution in [2.75, 3.05) is 5.32 Å². The van der Waals surface area contributed by atoms with Gasteiger partial charge in [-0.05, 0) is 38.2 Å². The first-order valence-corrected chi connectivity index (χ1v) is 10.9. The van der Waals surface area contributed by atoms with E-state index in [0.717, 1.165) is 36.8 Å². The largest absolute Gasteiger partial charge is 0.382 e. The van der Waals surface area contributed by atoms with Crippen LogP contribution in [0.15, 0.2) is 30.7 Å². The molecule has 5 rings (SSSR count). The lowest BCUT2D eigenvalue weighted by Crippen LogP contribution is -2.39. The Bertz CT molecular complexity index is 1120. The molecule has 0 saturated heterocycles. The van der Waals surface area contributed by atoms with E-state index < -0.39 is 0 Å². The third kappa shape index (κ3) is 4.66. The van der Waals surface area contributed by atoms with E-state index in [9.17, 15) is 4.79 Å². The molecule has 3 heterocycles. The molecule has 0 aliphatic heterocycles. The lowest BCUT2D eigenvalue weighted by atomic mass is 9.93. The first-order chi connectivity index (χ1) is 15.1. The fourth-order valence-corrected chi connectivity index (χ4v) is 3.27. The molecule has 2 aliphatic rings. The van der Waals surface area contributed by atoms with Crippen LogP contribution < -0.4 is 10.6 Å². The number of carbonyl (C=O) groups excluding carboxylic acids is 1. The number of nitriles is 1. The van der Waals surface area contributed by atoms with Crippen molar-refractivity contribution in [3.05, 3.63) is 41.9 Å². The zero-order valence-corrected chi connectivity index (χ0v) is 17.9. The number of hydrogen-bond donors (Lipinski definition) is 2. The number of carbonyl (C=O) groups is 1. The highest BCUT2D eigenvalue weighted by atomic mass is 16.1. The molecule has 3 aromatic heterocycles. The molecule has 2 saturated carbocycles. The van der Waals surface area contributed by atoms with Crippen molar-refractivity contribution < 1.29 is 4.79 Å². The van der Waals surface area contributed by atoms with E-state index >= 15 is 0 Å². The molecular formula is C23H27N7O. The number of hydrogen-bond acceptors (Lipinski definition) is 6. The molecule has 31 heavy (non-hydrogen) atoms. The zero-order valence-electron chi connectivity index (χ0n) is 17.9. The van der Waals surface area contributed by atoms with Crippen molar-refractivity contribution in [1.29, 1.82) is 5.26 Å². The van der Waals surface area contributed by atoms with Gasteiger partial charge in [-0.3, -0.25) is 4.79 Å². The van der Waals surface area contributed by atoms with E-state index in [4.69, 9.17) is 5.26 Å². The number of nitrogens with zero attached hydrogens (tertiary/aromatic N) is 5. The van der Waals surface area contributed by atoms with Crippen LogP contribution in [0.4, 0.5) is 5.69 Å². The molecule has 0 unspecified atom stereocenters. The van der Waals surface area contributed by atoms with Gasteiger partial charge in [0.15, 0.2) is 11.5 Å². The Kier molecular flexibility index (Phi) is 6.12. The van der Waals surface area contributed by atoms with Crippen LogP contribution in [-0.4, -0.2) is 37.7 Å². The minimum atomic E-state index is -0.0889. The first-order valence-electron chi connectivity index (χ1n) is 10.9. The summed E-state index contributed by atoms with van der Waals surface area (Å²) in [4.78, 5) is 21.5. The van der Waals surface area contributed by atoms with E-state index in [0.29, 0.717) is 28.6 Å². The van der Waals surface area contributed by atoms with Gasteiger partial charge < -0.3 is 10.6 Å². The quantitative estimate of drug-likeness (QED) is 0.650. The van der Waals surface area contributed by atoms with Crippen molar-refractivity contribution >= 4 is 22.6 Å². The second-order valence-corrected chi connectivity index (χ2v) is 8.12. The van der Waals surface area contributed by atoms with Crippen LogP contribution >= 0.6 is 0 Å². The first kappa shape index (κ1) is 20.8. The zero-order chi connectivity index (χ0) is 21.8. The van der Waals surface area contributed by atoms with Crippen LogP contribution in [0.3, 0.4) is 0 Å². The van der Waals surface area contributed by atoms with Crippen LogP contribution in [0, 0.1) is 11.3 Å². The lowest BCUT2D eigenvalue weighted by molar-refractivity contribution is 0.0917. The molecule has 0 spiro atoms. The molecule has 8 nitrogen and oxygen atoms in total. The molecule has 0 aromatic carbocycles. The minimum Gasteiger partial charge on any atom is -0.382 e. The summed E-state index contributed by atoms with van der Waals surface area (Å²) in [5.41, 5.74) is 2.43. The number of fused-ring (bicyclic) bond motifs is 1. The maximum atomic E-state index is 12.7. The smallest absolute Gasteiger partial charge is 0.255 e. The summed E-state index contributed by atoms with van der Waals surface area (Å²) in [6, 6.07) is 6.35. The van der Waals surface area contributed by atoms with Crippen molar-refractivity contribution in [2.24, 2.45) is 0 Å². The van der Waals surface area contributed by atoms with Crippen LogP contribution in [0.1, 0.15) is 68.3 Å². The van der Waals surface area contributed by atoms with Crippen LogP contribution in [0.25, 0.3) is 16.9 Å². The van der Waals surface area contributed by atoms with Gasteiger partial charge >= 0.3 is 0 Å². The van der Waals surface area contributed by atoms with Gasteiger partial charge in [-0.15, -0.1) is 0 Å². The topological polar surface area (TPSA) is 109 Å². The molecule has 1 amide bonds. The molecule has 0 bridgehead atoms. The predicted molar refractivity (Wildman–Crippen MR) is 119 cm³/mol.